The molecule has 0 saturated heterocycles. The largest absolute Gasteiger partial charge is 0.342 e. The van der Waals surface area contributed by atoms with Gasteiger partial charge in [0.25, 0.3) is 5.91 Å². The second-order valence-corrected chi connectivity index (χ2v) is 6.46. The van der Waals surface area contributed by atoms with Crippen molar-refractivity contribution < 1.29 is 4.79 Å². The molecule has 0 aliphatic rings. The van der Waals surface area contributed by atoms with Crippen LogP contribution in [0.4, 0.5) is 0 Å². The first-order valence-corrected chi connectivity index (χ1v) is 7.77. The van der Waals surface area contributed by atoms with Crippen molar-refractivity contribution in [3.05, 3.63) is 32.4 Å². The summed E-state index contributed by atoms with van der Waals surface area (Å²) in [5.74, 6) is -0.0685. The van der Waals surface area contributed by atoms with Gasteiger partial charge in [0.15, 0.2) is 0 Å². The zero-order valence-electron chi connectivity index (χ0n) is 10.1. The SMILES string of the molecule is CCc1cnc(C(C)NC(=O)c2cc(S)cs2)s1. The molecule has 96 valence electrons. The molecule has 1 unspecified atom stereocenters. The minimum atomic E-state index is -0.0685. The molecule has 1 N–H and O–H groups in total. The number of amides is 1. The third-order valence-corrected chi connectivity index (χ3v) is 5.13. The van der Waals surface area contributed by atoms with Crippen LogP contribution in [0.1, 0.15) is 39.4 Å². The van der Waals surface area contributed by atoms with E-state index < -0.39 is 0 Å². The van der Waals surface area contributed by atoms with Gasteiger partial charge in [-0.2, -0.15) is 0 Å². The molecule has 0 aliphatic heterocycles. The average Bonchev–Trinajstić information content (AvgIpc) is 2.97. The molecule has 18 heavy (non-hydrogen) atoms. The number of nitrogens with zero attached hydrogens (tertiary/aromatic N) is 1. The summed E-state index contributed by atoms with van der Waals surface area (Å²) < 4.78 is 0. The average molecular weight is 298 g/mol. The number of aryl methyl sites for hydroxylation is 1. The van der Waals surface area contributed by atoms with Gasteiger partial charge in [-0.15, -0.1) is 35.3 Å². The fraction of sp³-hybridized carbons (Fsp3) is 0.333. The van der Waals surface area contributed by atoms with Gasteiger partial charge in [0.1, 0.15) is 5.01 Å². The van der Waals surface area contributed by atoms with Crippen LogP contribution in [0.5, 0.6) is 0 Å². The van der Waals surface area contributed by atoms with E-state index in [1.54, 1.807) is 17.4 Å². The Bertz CT molecular complexity index is 547. The van der Waals surface area contributed by atoms with Crippen molar-refractivity contribution in [1.82, 2.24) is 10.3 Å². The summed E-state index contributed by atoms with van der Waals surface area (Å²) >= 11 is 7.24. The van der Waals surface area contributed by atoms with Crippen molar-refractivity contribution in [2.75, 3.05) is 0 Å². The van der Waals surface area contributed by atoms with E-state index in [0.717, 1.165) is 16.3 Å². The zero-order chi connectivity index (χ0) is 13.1. The van der Waals surface area contributed by atoms with E-state index in [2.05, 4.69) is 29.9 Å². The Morgan fingerprint density at radius 2 is 2.39 bits per heavy atom. The number of nitrogens with one attached hydrogen (secondary N) is 1. The maximum absolute atomic E-state index is 12.0. The maximum Gasteiger partial charge on any atom is 0.261 e. The highest BCUT2D eigenvalue weighted by atomic mass is 32.1. The first kappa shape index (κ1) is 13.6. The van der Waals surface area contributed by atoms with Crippen LogP contribution in [0.15, 0.2) is 22.5 Å². The molecule has 1 amide bonds. The van der Waals surface area contributed by atoms with Crippen molar-refractivity contribution in [2.24, 2.45) is 0 Å². The van der Waals surface area contributed by atoms with E-state index in [0.29, 0.717) is 4.88 Å². The van der Waals surface area contributed by atoms with Crippen molar-refractivity contribution >= 4 is 41.2 Å². The highest BCUT2D eigenvalue weighted by Crippen LogP contribution is 2.22. The maximum atomic E-state index is 12.0. The lowest BCUT2D eigenvalue weighted by Gasteiger charge is -2.09. The van der Waals surface area contributed by atoms with Crippen LogP contribution in [0, 0.1) is 0 Å². The quantitative estimate of drug-likeness (QED) is 0.848. The summed E-state index contributed by atoms with van der Waals surface area (Å²) in [6, 6.07) is 1.71. The van der Waals surface area contributed by atoms with Gasteiger partial charge < -0.3 is 5.32 Å². The molecular formula is C12H14N2OS3. The highest BCUT2D eigenvalue weighted by molar-refractivity contribution is 7.80. The fourth-order valence-electron chi connectivity index (χ4n) is 1.46. The molecular weight excluding hydrogens is 284 g/mol. The molecule has 0 aromatic carbocycles. The third kappa shape index (κ3) is 3.13. The van der Waals surface area contributed by atoms with Crippen LogP contribution in [-0.2, 0) is 6.42 Å². The number of thiophene rings is 1. The van der Waals surface area contributed by atoms with E-state index in [1.165, 1.54) is 16.2 Å². The van der Waals surface area contributed by atoms with Crippen LogP contribution < -0.4 is 5.32 Å². The molecule has 0 bridgehead atoms. The Labute approximate surface area is 120 Å². The Kier molecular flexibility index (Phi) is 4.42. The molecule has 0 spiro atoms. The smallest absolute Gasteiger partial charge is 0.261 e. The van der Waals surface area contributed by atoms with E-state index in [-0.39, 0.29) is 11.9 Å². The van der Waals surface area contributed by atoms with E-state index in [1.807, 2.05) is 18.5 Å². The molecule has 0 fully saturated rings. The summed E-state index contributed by atoms with van der Waals surface area (Å²) in [5, 5.41) is 5.74. The monoisotopic (exact) mass is 298 g/mol. The lowest BCUT2D eigenvalue weighted by molar-refractivity contribution is 0.0944. The molecule has 6 heteroatoms. The van der Waals surface area contributed by atoms with Gasteiger partial charge in [0.05, 0.1) is 10.9 Å². The standard InChI is InChI=1S/C12H14N2OS3/c1-3-9-5-13-12(18-9)7(2)14-11(15)10-4-8(16)6-17-10/h4-7,16H,3H2,1-2H3,(H,14,15). The minimum absolute atomic E-state index is 0.0618. The number of aromatic nitrogens is 1. The van der Waals surface area contributed by atoms with Crippen LogP contribution in [0.3, 0.4) is 0 Å². The summed E-state index contributed by atoms with van der Waals surface area (Å²) in [6.07, 6.45) is 2.85. The Morgan fingerprint density at radius 1 is 1.61 bits per heavy atom. The molecule has 3 nitrogen and oxygen atoms in total. The third-order valence-electron chi connectivity index (χ3n) is 2.45. The van der Waals surface area contributed by atoms with E-state index >= 15 is 0 Å². The van der Waals surface area contributed by atoms with Gasteiger partial charge in [-0.25, -0.2) is 4.98 Å². The highest BCUT2D eigenvalue weighted by Gasteiger charge is 2.15. The van der Waals surface area contributed by atoms with Gasteiger partial charge in [-0.1, -0.05) is 6.92 Å². The molecule has 2 aromatic heterocycles. The topological polar surface area (TPSA) is 42.0 Å². The van der Waals surface area contributed by atoms with Gasteiger partial charge in [-0.05, 0) is 19.4 Å². The van der Waals surface area contributed by atoms with Crippen LogP contribution in [0.25, 0.3) is 0 Å². The molecule has 0 radical (unpaired) electrons. The second-order valence-electron chi connectivity index (χ2n) is 3.88. The number of thiazole rings is 1. The van der Waals surface area contributed by atoms with Gasteiger partial charge >= 0.3 is 0 Å². The summed E-state index contributed by atoms with van der Waals surface area (Å²) in [6.45, 7) is 4.05. The van der Waals surface area contributed by atoms with Crippen molar-refractivity contribution in [3.8, 4) is 0 Å². The van der Waals surface area contributed by atoms with Gasteiger partial charge in [-0.3, -0.25) is 4.79 Å². The Balaban J connectivity index is 2.02. The number of carbonyl (C=O) groups is 1. The molecule has 1 atom stereocenters. The first-order chi connectivity index (χ1) is 8.60. The first-order valence-electron chi connectivity index (χ1n) is 5.63. The van der Waals surface area contributed by atoms with Crippen molar-refractivity contribution in [3.63, 3.8) is 0 Å². The fourth-order valence-corrected chi connectivity index (χ4v) is 3.37. The number of hydrogen-bond acceptors (Lipinski definition) is 5. The predicted molar refractivity (Wildman–Crippen MR) is 78.9 cm³/mol. The summed E-state index contributed by atoms with van der Waals surface area (Å²) in [7, 11) is 0. The molecule has 0 aliphatic carbocycles. The Hall–Kier alpha value is -0.850. The lowest BCUT2D eigenvalue weighted by atomic mass is 10.3. The van der Waals surface area contributed by atoms with Crippen molar-refractivity contribution in [1.29, 1.82) is 0 Å². The van der Waals surface area contributed by atoms with E-state index in [9.17, 15) is 4.79 Å². The normalized spacial score (nSPS) is 12.4. The zero-order valence-corrected chi connectivity index (χ0v) is 12.7. The minimum Gasteiger partial charge on any atom is -0.342 e. The lowest BCUT2D eigenvalue weighted by Crippen LogP contribution is -2.25. The van der Waals surface area contributed by atoms with Crippen LogP contribution >= 0.6 is 35.3 Å². The van der Waals surface area contributed by atoms with Gasteiger partial charge in [0.2, 0.25) is 0 Å². The van der Waals surface area contributed by atoms with Crippen molar-refractivity contribution in [2.45, 2.75) is 31.2 Å². The number of rotatable bonds is 4. The molecule has 2 aromatic rings. The van der Waals surface area contributed by atoms with Crippen LogP contribution in [0.2, 0.25) is 0 Å². The number of carbonyl (C=O) groups excluding carboxylic acids is 1. The number of thiol groups is 1. The van der Waals surface area contributed by atoms with Gasteiger partial charge in [0, 0.05) is 21.3 Å². The molecule has 2 heterocycles. The summed E-state index contributed by atoms with van der Waals surface area (Å²) in [5.41, 5.74) is 0. The predicted octanol–water partition coefficient (Wildman–Crippen LogP) is 3.55. The summed E-state index contributed by atoms with van der Waals surface area (Å²) in [4.78, 5) is 19.0. The van der Waals surface area contributed by atoms with Crippen LogP contribution in [-0.4, -0.2) is 10.9 Å². The molecule has 2 rings (SSSR count). The second kappa shape index (κ2) is 5.86. The Morgan fingerprint density at radius 3 is 2.94 bits per heavy atom. The van der Waals surface area contributed by atoms with E-state index in [4.69, 9.17) is 0 Å². The molecule has 0 saturated carbocycles. The number of hydrogen-bond donors (Lipinski definition) is 2.